The minimum atomic E-state index is -0.269. The van der Waals surface area contributed by atoms with Crippen LogP contribution in [0.1, 0.15) is 0 Å². The van der Waals surface area contributed by atoms with Gasteiger partial charge in [0.25, 0.3) is 0 Å². The summed E-state index contributed by atoms with van der Waals surface area (Å²) in [5.74, 6) is -0.269. The minimum absolute atomic E-state index is 0.269. The van der Waals surface area contributed by atoms with Crippen LogP contribution in [0.2, 0.25) is 0 Å². The molecular weight excluding hydrogens is 140 g/mol. The van der Waals surface area contributed by atoms with Crippen LogP contribution >= 0.6 is 24.4 Å². The largest absolute Gasteiger partial charge is 0.289 e. The van der Waals surface area contributed by atoms with Crippen molar-refractivity contribution in [3.05, 3.63) is 12.2 Å². The summed E-state index contributed by atoms with van der Waals surface area (Å²) in [6.45, 7) is 0. The first-order chi connectivity index (χ1) is 3.81. The lowest BCUT2D eigenvalue weighted by molar-refractivity contribution is -0.110. The summed E-state index contributed by atoms with van der Waals surface area (Å²) in [4.78, 5) is 10.3. The molecule has 8 heavy (non-hydrogen) atoms. The molecule has 0 heterocycles. The molecule has 0 aliphatic heterocycles. The van der Waals surface area contributed by atoms with Gasteiger partial charge in [-0.15, -0.1) is 0 Å². The monoisotopic (exact) mass is 142 g/mol. The van der Waals surface area contributed by atoms with E-state index in [1.165, 1.54) is 0 Å². The standard InChI is InChI=1S/C5H2OS2/c6-5(1-3-7)2-4-8/h1-2H. The van der Waals surface area contributed by atoms with E-state index in [0.29, 0.717) is 0 Å². The molecule has 0 radical (unpaired) electrons. The number of carbonyl (C=O) groups excluding carboxylic acids is 1. The maximum Gasteiger partial charge on any atom is 0.195 e. The maximum absolute atomic E-state index is 10.3. The molecule has 40 valence electrons. The van der Waals surface area contributed by atoms with Crippen LogP contribution in [0.15, 0.2) is 12.2 Å². The molecule has 0 aromatic carbocycles. The van der Waals surface area contributed by atoms with Crippen molar-refractivity contribution in [2.45, 2.75) is 0 Å². The van der Waals surface area contributed by atoms with Crippen LogP contribution in [-0.2, 0) is 4.79 Å². The summed E-state index contributed by atoms with van der Waals surface area (Å²) < 4.78 is 0. The molecule has 0 saturated carbocycles. The van der Waals surface area contributed by atoms with Crippen LogP contribution in [0.3, 0.4) is 0 Å². The van der Waals surface area contributed by atoms with Gasteiger partial charge in [0, 0.05) is 12.2 Å². The van der Waals surface area contributed by atoms with Gasteiger partial charge in [0.15, 0.2) is 5.78 Å². The van der Waals surface area contributed by atoms with E-state index in [-0.39, 0.29) is 5.78 Å². The van der Waals surface area contributed by atoms with Gasteiger partial charge in [-0.05, 0) is 34.5 Å². The summed E-state index contributed by atoms with van der Waals surface area (Å²) in [6.07, 6.45) is 2.24. The van der Waals surface area contributed by atoms with Gasteiger partial charge in [0.2, 0.25) is 0 Å². The number of thiocarbonyl (C=S) groups is 2. The number of carbonyl (C=O) groups is 1. The third-order valence-electron chi connectivity index (χ3n) is 0.402. The minimum Gasteiger partial charge on any atom is -0.289 e. The molecule has 0 spiro atoms. The Kier molecular flexibility index (Phi) is 4.23. The van der Waals surface area contributed by atoms with Gasteiger partial charge >= 0.3 is 0 Å². The van der Waals surface area contributed by atoms with Crippen LogP contribution in [0.5, 0.6) is 0 Å². The summed E-state index contributed by atoms with van der Waals surface area (Å²) >= 11 is 8.47. The summed E-state index contributed by atoms with van der Waals surface area (Å²) in [6, 6.07) is 0. The summed E-state index contributed by atoms with van der Waals surface area (Å²) in [5, 5.41) is 4.29. The Morgan fingerprint density at radius 2 is 1.62 bits per heavy atom. The molecule has 0 N–H and O–H groups in total. The van der Waals surface area contributed by atoms with Crippen molar-refractivity contribution in [2.24, 2.45) is 0 Å². The smallest absolute Gasteiger partial charge is 0.195 e. The first-order valence-corrected chi connectivity index (χ1v) is 2.58. The molecule has 0 atom stereocenters. The SMILES string of the molecule is O=C(C=C=S)C=C=S. The zero-order valence-corrected chi connectivity index (χ0v) is 5.51. The molecule has 0 aliphatic carbocycles. The van der Waals surface area contributed by atoms with Gasteiger partial charge in [0.1, 0.15) is 0 Å². The molecular formula is C5H2OS2. The first kappa shape index (κ1) is 7.41. The van der Waals surface area contributed by atoms with Crippen molar-refractivity contribution < 1.29 is 4.79 Å². The van der Waals surface area contributed by atoms with Crippen molar-refractivity contribution in [3.63, 3.8) is 0 Å². The highest BCUT2D eigenvalue weighted by atomic mass is 32.1. The lowest BCUT2D eigenvalue weighted by Gasteiger charge is -1.67. The lowest BCUT2D eigenvalue weighted by Crippen LogP contribution is -1.82. The molecule has 0 saturated heterocycles. The molecule has 0 bridgehead atoms. The van der Waals surface area contributed by atoms with E-state index in [1.54, 1.807) is 0 Å². The Hall–Kier alpha value is -0.590. The molecule has 1 nitrogen and oxygen atoms in total. The van der Waals surface area contributed by atoms with E-state index < -0.39 is 0 Å². The molecule has 0 aromatic heterocycles. The second-order valence-electron chi connectivity index (χ2n) is 0.927. The number of hydrogen-bond donors (Lipinski definition) is 0. The van der Waals surface area contributed by atoms with Gasteiger partial charge in [0.05, 0.1) is 0 Å². The van der Waals surface area contributed by atoms with Gasteiger partial charge in [-0.1, -0.05) is 0 Å². The number of allylic oxidation sites excluding steroid dienone is 2. The second-order valence-corrected chi connectivity index (χ2v) is 1.40. The van der Waals surface area contributed by atoms with Crippen LogP contribution in [0.4, 0.5) is 0 Å². The number of hydrogen-bond acceptors (Lipinski definition) is 3. The third kappa shape index (κ3) is 3.59. The fourth-order valence-corrected chi connectivity index (χ4v) is 0.390. The lowest BCUT2D eigenvalue weighted by atomic mass is 10.4. The van der Waals surface area contributed by atoms with Crippen molar-refractivity contribution in [3.8, 4) is 0 Å². The Morgan fingerprint density at radius 1 is 1.25 bits per heavy atom. The molecule has 0 amide bonds. The Bertz CT molecular complexity index is 163. The van der Waals surface area contributed by atoms with Crippen LogP contribution in [0.25, 0.3) is 0 Å². The summed E-state index contributed by atoms with van der Waals surface area (Å²) in [5.41, 5.74) is 0. The average molecular weight is 142 g/mol. The molecule has 3 heteroatoms. The Morgan fingerprint density at radius 3 is 1.88 bits per heavy atom. The van der Waals surface area contributed by atoms with Gasteiger partial charge in [-0.2, -0.15) is 0 Å². The highest BCUT2D eigenvalue weighted by Gasteiger charge is 1.81. The Balaban J connectivity index is 4.04. The highest BCUT2D eigenvalue weighted by Crippen LogP contribution is 1.68. The van der Waals surface area contributed by atoms with E-state index in [0.717, 1.165) is 12.2 Å². The van der Waals surface area contributed by atoms with Crippen molar-refractivity contribution in [1.29, 1.82) is 0 Å². The van der Waals surface area contributed by atoms with Crippen LogP contribution in [0, 0.1) is 0 Å². The van der Waals surface area contributed by atoms with E-state index in [2.05, 4.69) is 34.5 Å². The highest BCUT2D eigenvalue weighted by molar-refractivity contribution is 7.78. The fourth-order valence-electron chi connectivity index (χ4n) is 0.158. The van der Waals surface area contributed by atoms with Crippen molar-refractivity contribution >= 4 is 40.3 Å². The van der Waals surface area contributed by atoms with Crippen LogP contribution in [-0.4, -0.2) is 15.8 Å². The van der Waals surface area contributed by atoms with E-state index >= 15 is 0 Å². The van der Waals surface area contributed by atoms with E-state index in [1.807, 2.05) is 0 Å². The van der Waals surface area contributed by atoms with E-state index in [4.69, 9.17) is 0 Å². The normalized spacial score (nSPS) is 6.00. The molecule has 0 fully saturated rings. The zero-order chi connectivity index (χ0) is 6.41. The first-order valence-electron chi connectivity index (χ1n) is 1.77. The average Bonchev–Trinajstić information content (AvgIpc) is 1.68. The van der Waals surface area contributed by atoms with Gasteiger partial charge in [-0.3, -0.25) is 4.79 Å². The second kappa shape index (κ2) is 4.57. The van der Waals surface area contributed by atoms with Gasteiger partial charge in [-0.25, -0.2) is 0 Å². The summed E-state index contributed by atoms with van der Waals surface area (Å²) in [7, 11) is 0. The van der Waals surface area contributed by atoms with Crippen molar-refractivity contribution in [2.75, 3.05) is 0 Å². The van der Waals surface area contributed by atoms with Crippen molar-refractivity contribution in [1.82, 2.24) is 0 Å². The maximum atomic E-state index is 10.3. The van der Waals surface area contributed by atoms with Crippen LogP contribution < -0.4 is 0 Å². The number of rotatable bonds is 2. The predicted octanol–water partition coefficient (Wildman–Crippen LogP) is 0.865. The van der Waals surface area contributed by atoms with E-state index in [9.17, 15) is 4.79 Å². The molecule has 0 aliphatic rings. The molecule has 0 rings (SSSR count). The topological polar surface area (TPSA) is 17.1 Å². The predicted molar refractivity (Wildman–Crippen MR) is 39.3 cm³/mol. The molecule has 0 aromatic rings. The molecule has 0 unspecified atom stereocenters. The third-order valence-corrected chi connectivity index (χ3v) is 0.638. The number of ketones is 1. The fraction of sp³-hybridized carbons (Fsp3) is 0. The quantitative estimate of drug-likeness (QED) is 0.420. The zero-order valence-electron chi connectivity index (χ0n) is 3.88. The Labute approximate surface area is 57.7 Å². The van der Waals surface area contributed by atoms with Gasteiger partial charge < -0.3 is 0 Å².